The van der Waals surface area contributed by atoms with Gasteiger partial charge in [0.15, 0.2) is 0 Å². The molecule has 6 nitrogen and oxygen atoms in total. The number of aliphatic hydroxyl groups excluding tert-OH is 2. The summed E-state index contributed by atoms with van der Waals surface area (Å²) in [5.74, 6) is -1.18. The summed E-state index contributed by atoms with van der Waals surface area (Å²) in [6, 6.07) is 6.82. The van der Waals surface area contributed by atoms with E-state index in [1.54, 1.807) is 6.07 Å². The molecule has 0 radical (unpaired) electrons. The molecule has 102 valence electrons. The van der Waals surface area contributed by atoms with E-state index < -0.39 is 12.1 Å². The summed E-state index contributed by atoms with van der Waals surface area (Å²) in [5.41, 5.74) is 1.46. The predicted octanol–water partition coefficient (Wildman–Crippen LogP) is 0.574. The molecule has 0 bridgehead atoms. The van der Waals surface area contributed by atoms with Crippen LogP contribution in [0.5, 0.6) is 0 Å². The van der Waals surface area contributed by atoms with Gasteiger partial charge in [-0.3, -0.25) is 0 Å². The summed E-state index contributed by atoms with van der Waals surface area (Å²) >= 11 is 0. The van der Waals surface area contributed by atoms with E-state index >= 15 is 0 Å². The zero-order chi connectivity index (χ0) is 13.8. The fourth-order valence-corrected chi connectivity index (χ4v) is 1.76. The van der Waals surface area contributed by atoms with Gasteiger partial charge in [-0.2, -0.15) is 0 Å². The minimum atomic E-state index is -1.10. The quantitative estimate of drug-likeness (QED) is 0.609. The molecular weight excluding hydrogens is 250 g/mol. The van der Waals surface area contributed by atoms with Crippen LogP contribution in [0, 0.1) is 0 Å². The molecule has 1 aromatic carbocycles. The van der Waals surface area contributed by atoms with Gasteiger partial charge in [-0.25, -0.2) is 4.79 Å². The number of hydrogen-bond acceptors (Lipinski definition) is 5. The Morgan fingerprint density at radius 1 is 1.37 bits per heavy atom. The molecule has 1 heterocycles. The zero-order valence-electron chi connectivity index (χ0n) is 10.2. The molecule has 0 aliphatic rings. The Balaban J connectivity index is 2.06. The number of fused-ring (bicyclic) bond motifs is 1. The molecule has 2 rings (SSSR count). The lowest BCUT2D eigenvalue weighted by Gasteiger charge is -2.08. The molecule has 0 aliphatic heterocycles. The van der Waals surface area contributed by atoms with Gasteiger partial charge >= 0.3 is 5.97 Å². The lowest BCUT2D eigenvalue weighted by Crippen LogP contribution is -2.28. The maximum Gasteiger partial charge on any atom is 0.371 e. The van der Waals surface area contributed by atoms with Crippen LogP contribution in [0.25, 0.3) is 11.0 Å². The van der Waals surface area contributed by atoms with Crippen molar-refractivity contribution in [1.82, 2.24) is 5.32 Å². The number of carboxylic acids is 1. The third kappa shape index (κ3) is 3.31. The summed E-state index contributed by atoms with van der Waals surface area (Å²) < 4.78 is 5.15. The first-order chi connectivity index (χ1) is 9.10. The van der Waals surface area contributed by atoms with E-state index in [0.29, 0.717) is 18.7 Å². The molecular formula is C13H15NO5. The number of aromatic carboxylic acids is 1. The molecule has 0 aliphatic carbocycles. The molecule has 4 N–H and O–H groups in total. The number of rotatable bonds is 6. The average molecular weight is 265 g/mol. The molecule has 0 spiro atoms. The SMILES string of the molecule is O=C(O)c1cc2cc(CNCC(O)CO)ccc2o1. The standard InChI is InChI=1S/C13H15NO5/c15-7-10(16)6-14-5-8-1-2-11-9(3-8)4-12(19-11)13(17)18/h1-4,10,14-16H,5-7H2,(H,17,18). The van der Waals surface area contributed by atoms with E-state index in [0.717, 1.165) is 10.9 Å². The first kappa shape index (κ1) is 13.5. The van der Waals surface area contributed by atoms with E-state index in [9.17, 15) is 9.90 Å². The van der Waals surface area contributed by atoms with Crippen LogP contribution in [0.4, 0.5) is 0 Å². The Labute approximate surface area is 109 Å². The Morgan fingerprint density at radius 3 is 2.84 bits per heavy atom. The molecule has 0 fully saturated rings. The molecule has 1 unspecified atom stereocenters. The molecule has 0 saturated heterocycles. The second kappa shape index (κ2) is 5.83. The van der Waals surface area contributed by atoms with Crippen LogP contribution in [-0.2, 0) is 6.54 Å². The third-order valence-corrected chi connectivity index (χ3v) is 2.71. The van der Waals surface area contributed by atoms with Crippen molar-refractivity contribution in [3.8, 4) is 0 Å². The highest BCUT2D eigenvalue weighted by Gasteiger charge is 2.10. The summed E-state index contributed by atoms with van der Waals surface area (Å²) in [5, 5.41) is 30.4. The highest BCUT2D eigenvalue weighted by atomic mass is 16.4. The Kier molecular flexibility index (Phi) is 4.16. The van der Waals surface area contributed by atoms with Crippen LogP contribution in [0.2, 0.25) is 0 Å². The van der Waals surface area contributed by atoms with Crippen LogP contribution in [0.1, 0.15) is 16.1 Å². The highest BCUT2D eigenvalue weighted by molar-refractivity contribution is 5.91. The first-order valence-electron chi connectivity index (χ1n) is 5.85. The van der Waals surface area contributed by atoms with Crippen molar-refractivity contribution in [2.45, 2.75) is 12.6 Å². The Morgan fingerprint density at radius 2 is 2.16 bits per heavy atom. The van der Waals surface area contributed by atoms with Crippen LogP contribution in [0.3, 0.4) is 0 Å². The second-order valence-electron chi connectivity index (χ2n) is 4.26. The van der Waals surface area contributed by atoms with Crippen molar-refractivity contribution in [1.29, 1.82) is 0 Å². The van der Waals surface area contributed by atoms with E-state index in [1.807, 2.05) is 12.1 Å². The van der Waals surface area contributed by atoms with E-state index in [4.69, 9.17) is 14.6 Å². The zero-order valence-corrected chi connectivity index (χ0v) is 10.2. The predicted molar refractivity (Wildman–Crippen MR) is 68.0 cm³/mol. The summed E-state index contributed by atoms with van der Waals surface area (Å²) in [6.45, 7) is 0.524. The average Bonchev–Trinajstić information content (AvgIpc) is 2.81. The van der Waals surface area contributed by atoms with Crippen LogP contribution >= 0.6 is 0 Å². The molecule has 0 saturated carbocycles. The Hall–Kier alpha value is -1.89. The number of carboxylic acid groups (broad SMARTS) is 1. The maximum absolute atomic E-state index is 10.8. The lowest BCUT2D eigenvalue weighted by molar-refractivity contribution is 0.0665. The number of furan rings is 1. The van der Waals surface area contributed by atoms with Gasteiger partial charge in [0.2, 0.25) is 5.76 Å². The summed E-state index contributed by atoms with van der Waals surface area (Å²) in [4.78, 5) is 10.8. The van der Waals surface area contributed by atoms with Crippen molar-refractivity contribution in [3.63, 3.8) is 0 Å². The first-order valence-corrected chi connectivity index (χ1v) is 5.85. The number of hydrogen-bond donors (Lipinski definition) is 4. The topological polar surface area (TPSA) is 103 Å². The van der Waals surface area contributed by atoms with Gasteiger partial charge in [0, 0.05) is 18.5 Å². The van der Waals surface area contributed by atoms with Crippen molar-refractivity contribution < 1.29 is 24.5 Å². The van der Waals surface area contributed by atoms with Gasteiger partial charge in [-0.05, 0) is 23.8 Å². The van der Waals surface area contributed by atoms with Crippen LogP contribution in [-0.4, -0.2) is 40.5 Å². The fourth-order valence-electron chi connectivity index (χ4n) is 1.76. The number of carbonyl (C=O) groups is 1. The van der Waals surface area contributed by atoms with E-state index in [1.165, 1.54) is 6.07 Å². The molecule has 19 heavy (non-hydrogen) atoms. The van der Waals surface area contributed by atoms with Gasteiger partial charge in [0.25, 0.3) is 0 Å². The van der Waals surface area contributed by atoms with Crippen molar-refractivity contribution in [2.75, 3.05) is 13.2 Å². The molecule has 6 heteroatoms. The fraction of sp³-hybridized carbons (Fsp3) is 0.308. The normalized spacial score (nSPS) is 12.7. The minimum Gasteiger partial charge on any atom is -0.475 e. The lowest BCUT2D eigenvalue weighted by atomic mass is 10.1. The molecule has 0 amide bonds. The van der Waals surface area contributed by atoms with Crippen molar-refractivity contribution in [3.05, 3.63) is 35.6 Å². The number of aliphatic hydroxyl groups is 2. The van der Waals surface area contributed by atoms with Gasteiger partial charge < -0.3 is 25.1 Å². The summed E-state index contributed by atoms with van der Waals surface area (Å²) in [7, 11) is 0. The smallest absolute Gasteiger partial charge is 0.371 e. The summed E-state index contributed by atoms with van der Waals surface area (Å²) in [6.07, 6.45) is -0.781. The molecule has 1 atom stereocenters. The van der Waals surface area contributed by atoms with Gasteiger partial charge in [-0.1, -0.05) is 6.07 Å². The molecule has 2 aromatic rings. The van der Waals surface area contributed by atoms with E-state index in [-0.39, 0.29) is 12.4 Å². The van der Waals surface area contributed by atoms with Gasteiger partial charge in [0.05, 0.1) is 12.7 Å². The largest absolute Gasteiger partial charge is 0.475 e. The second-order valence-corrected chi connectivity index (χ2v) is 4.26. The third-order valence-electron chi connectivity index (χ3n) is 2.71. The minimum absolute atomic E-state index is 0.0872. The number of nitrogens with one attached hydrogen (secondary N) is 1. The van der Waals surface area contributed by atoms with Crippen LogP contribution in [0.15, 0.2) is 28.7 Å². The maximum atomic E-state index is 10.8. The van der Waals surface area contributed by atoms with Gasteiger partial charge in [0.1, 0.15) is 5.58 Å². The van der Waals surface area contributed by atoms with Gasteiger partial charge in [-0.15, -0.1) is 0 Å². The van der Waals surface area contributed by atoms with E-state index in [2.05, 4.69) is 5.32 Å². The van der Waals surface area contributed by atoms with Crippen molar-refractivity contribution in [2.24, 2.45) is 0 Å². The number of benzene rings is 1. The Bertz CT molecular complexity index is 577. The molecule has 1 aromatic heterocycles. The monoisotopic (exact) mass is 265 g/mol. The van der Waals surface area contributed by atoms with Crippen LogP contribution < -0.4 is 5.32 Å². The van der Waals surface area contributed by atoms with Crippen molar-refractivity contribution >= 4 is 16.9 Å². The highest BCUT2D eigenvalue weighted by Crippen LogP contribution is 2.20.